The van der Waals surface area contributed by atoms with E-state index in [4.69, 9.17) is 30.3 Å². The van der Waals surface area contributed by atoms with Gasteiger partial charge in [-0.3, -0.25) is 9.36 Å². The van der Waals surface area contributed by atoms with Crippen LogP contribution in [0, 0.1) is 6.92 Å². The van der Waals surface area contributed by atoms with Crippen molar-refractivity contribution in [2.45, 2.75) is 57.8 Å². The summed E-state index contributed by atoms with van der Waals surface area (Å²) in [6.07, 6.45) is -2.60. The molecule has 1 fully saturated rings. The van der Waals surface area contributed by atoms with Crippen LogP contribution in [0.2, 0.25) is 0 Å². The first kappa shape index (κ1) is 29.2. The zero-order chi connectivity index (χ0) is 28.4. The van der Waals surface area contributed by atoms with Gasteiger partial charge in [0.2, 0.25) is 0 Å². The van der Waals surface area contributed by atoms with Crippen molar-refractivity contribution in [3.8, 4) is 5.75 Å². The smallest absolute Gasteiger partial charge is 0.323 e. The highest BCUT2D eigenvalue weighted by Gasteiger charge is 2.55. The van der Waals surface area contributed by atoms with Crippen molar-refractivity contribution in [2.75, 3.05) is 25.6 Å². The number of aryl methyl sites for hydroxylation is 1. The fourth-order valence-electron chi connectivity index (χ4n) is 4.16. The molecule has 0 aliphatic carbocycles. The third-order valence-electron chi connectivity index (χ3n) is 6.11. The number of rotatable bonds is 11. The van der Waals surface area contributed by atoms with Crippen LogP contribution in [0.3, 0.4) is 0 Å². The number of anilines is 1. The van der Waals surface area contributed by atoms with Gasteiger partial charge in [-0.2, -0.15) is 0 Å². The minimum Gasteiger partial charge on any atom is -0.465 e. The molecule has 1 saturated heterocycles. The van der Waals surface area contributed by atoms with E-state index in [9.17, 15) is 9.90 Å². The molecule has 212 valence electrons. The van der Waals surface area contributed by atoms with Gasteiger partial charge in [0, 0.05) is 7.05 Å². The Morgan fingerprint density at radius 3 is 2.74 bits per heavy atom. The highest BCUT2D eigenvalue weighted by Crippen LogP contribution is 2.48. The number of carbonyl (C=O) groups excluding carboxylic acids is 1. The fourth-order valence-corrected chi connectivity index (χ4v) is 6.58. The molecule has 0 amide bonds. The molecule has 39 heavy (non-hydrogen) atoms. The first-order valence-electron chi connectivity index (χ1n) is 12.3. The number of carbonyl (C=O) groups is 1. The van der Waals surface area contributed by atoms with Crippen LogP contribution in [0.4, 0.5) is 10.2 Å². The second kappa shape index (κ2) is 11.8. The van der Waals surface area contributed by atoms with Crippen LogP contribution in [0.5, 0.6) is 5.75 Å². The van der Waals surface area contributed by atoms with Crippen LogP contribution in [-0.4, -0.2) is 74.8 Å². The van der Waals surface area contributed by atoms with Crippen molar-refractivity contribution in [3.05, 3.63) is 42.5 Å². The summed E-state index contributed by atoms with van der Waals surface area (Å²) in [4.78, 5) is 25.3. The number of ether oxygens (including phenoxy) is 2. The zero-order valence-electron chi connectivity index (χ0n) is 22.2. The summed E-state index contributed by atoms with van der Waals surface area (Å²) >= 11 is 5.69. The number of para-hydroxylation sites is 1. The molecule has 0 saturated carbocycles. The summed E-state index contributed by atoms with van der Waals surface area (Å²) < 4.78 is 40.4. The normalized spacial score (nSPS) is 25.3. The monoisotopic (exact) mass is 582 g/mol. The number of nitrogens with zero attached hydrogens (tertiary/aromatic N) is 4. The molecule has 0 spiro atoms. The minimum atomic E-state index is -3.41. The van der Waals surface area contributed by atoms with E-state index in [-0.39, 0.29) is 13.2 Å². The maximum absolute atomic E-state index is 16.0. The van der Waals surface area contributed by atoms with Gasteiger partial charge < -0.3 is 28.9 Å². The Balaban J connectivity index is 1.57. The number of hydrogen-bond acceptors (Lipinski definition) is 11. The maximum atomic E-state index is 16.0. The van der Waals surface area contributed by atoms with E-state index in [0.29, 0.717) is 28.6 Å². The molecule has 3 aromatic rings. The number of halogens is 1. The van der Waals surface area contributed by atoms with Crippen LogP contribution >= 0.6 is 6.64 Å². The largest absolute Gasteiger partial charge is 0.465 e. The van der Waals surface area contributed by atoms with Gasteiger partial charge in [0.05, 0.1) is 19.5 Å². The SMILES string of the molecule is CCOC(=O)[C@H](C)NP(=S)(OC[C@H]1O[C@@H](n2cnc3c(NC)nc(C)nc32)[C@](C)(F)[C@@H]1O)Oc1ccccc1. The number of aliphatic hydroxyl groups is 1. The lowest BCUT2D eigenvalue weighted by Crippen LogP contribution is -2.41. The Morgan fingerprint density at radius 1 is 1.36 bits per heavy atom. The van der Waals surface area contributed by atoms with Crippen molar-refractivity contribution >= 4 is 41.4 Å². The average molecular weight is 583 g/mol. The van der Waals surface area contributed by atoms with Gasteiger partial charge in [-0.05, 0) is 51.6 Å². The number of nitrogens with one attached hydrogen (secondary N) is 2. The second-order valence-corrected chi connectivity index (χ2v) is 12.3. The van der Waals surface area contributed by atoms with E-state index in [1.54, 1.807) is 52.1 Å². The number of esters is 1. The molecule has 1 aliphatic heterocycles. The number of imidazole rings is 1. The van der Waals surface area contributed by atoms with Crippen molar-refractivity contribution in [3.63, 3.8) is 0 Å². The molecule has 1 unspecified atom stereocenters. The Kier molecular flexibility index (Phi) is 8.84. The third-order valence-corrected chi connectivity index (χ3v) is 8.61. The molecule has 0 radical (unpaired) electrons. The Morgan fingerprint density at radius 2 is 2.08 bits per heavy atom. The summed E-state index contributed by atoms with van der Waals surface area (Å²) in [5, 5.41) is 16.8. The third kappa shape index (κ3) is 6.21. The van der Waals surface area contributed by atoms with Crippen LogP contribution in [0.15, 0.2) is 36.7 Å². The van der Waals surface area contributed by atoms with E-state index in [0.717, 1.165) is 0 Å². The summed E-state index contributed by atoms with van der Waals surface area (Å²) in [5.74, 6) is 0.806. The van der Waals surface area contributed by atoms with Gasteiger partial charge >= 0.3 is 12.6 Å². The lowest BCUT2D eigenvalue weighted by molar-refractivity contribution is -0.144. The Hall–Kier alpha value is -2.74. The predicted molar refractivity (Wildman–Crippen MR) is 146 cm³/mol. The summed E-state index contributed by atoms with van der Waals surface area (Å²) in [7, 11) is 1.70. The van der Waals surface area contributed by atoms with Gasteiger partial charge in [-0.15, -0.1) is 0 Å². The van der Waals surface area contributed by atoms with Crippen molar-refractivity contribution in [1.82, 2.24) is 24.6 Å². The van der Waals surface area contributed by atoms with E-state index >= 15 is 4.39 Å². The highest BCUT2D eigenvalue weighted by molar-refractivity contribution is 8.09. The molecular weight excluding hydrogens is 550 g/mol. The van der Waals surface area contributed by atoms with E-state index in [1.165, 1.54) is 17.8 Å². The van der Waals surface area contributed by atoms with E-state index in [1.807, 2.05) is 6.07 Å². The number of hydrogen-bond donors (Lipinski definition) is 3. The first-order chi connectivity index (χ1) is 18.5. The summed E-state index contributed by atoms with van der Waals surface area (Å²) in [5.41, 5.74) is -1.47. The van der Waals surface area contributed by atoms with E-state index < -0.39 is 42.8 Å². The molecule has 15 heteroatoms. The molecule has 1 aromatic carbocycles. The minimum absolute atomic E-state index is 0.190. The van der Waals surface area contributed by atoms with Gasteiger partial charge in [0.1, 0.15) is 29.8 Å². The molecular formula is C24H32FN6O6PS. The quantitative estimate of drug-likeness (QED) is 0.226. The fraction of sp³-hybridized carbons (Fsp3) is 0.500. The van der Waals surface area contributed by atoms with Crippen molar-refractivity contribution in [1.29, 1.82) is 0 Å². The topological polar surface area (TPSA) is 142 Å². The van der Waals surface area contributed by atoms with E-state index in [2.05, 4.69) is 25.4 Å². The molecule has 3 heterocycles. The van der Waals surface area contributed by atoms with Gasteiger partial charge in [0.15, 0.2) is 28.9 Å². The first-order valence-corrected chi connectivity index (χ1v) is 15.0. The molecule has 6 atom stereocenters. The van der Waals surface area contributed by atoms with Crippen molar-refractivity contribution < 1.29 is 32.8 Å². The van der Waals surface area contributed by atoms with Crippen LogP contribution in [0.1, 0.15) is 32.8 Å². The summed E-state index contributed by atoms with van der Waals surface area (Å²) in [6, 6.07) is 7.84. The summed E-state index contributed by atoms with van der Waals surface area (Å²) in [6.45, 7) is 2.65. The number of fused-ring (bicyclic) bond motifs is 1. The Bertz CT molecular complexity index is 1360. The molecule has 4 rings (SSSR count). The maximum Gasteiger partial charge on any atom is 0.323 e. The lowest BCUT2D eigenvalue weighted by atomic mass is 9.98. The lowest BCUT2D eigenvalue weighted by Gasteiger charge is -2.28. The second-order valence-electron chi connectivity index (χ2n) is 9.12. The number of alkyl halides is 1. The van der Waals surface area contributed by atoms with Crippen molar-refractivity contribution in [2.24, 2.45) is 0 Å². The predicted octanol–water partition coefficient (Wildman–Crippen LogP) is 3.02. The number of aromatic nitrogens is 4. The molecule has 2 aromatic heterocycles. The number of benzene rings is 1. The average Bonchev–Trinajstić information content (AvgIpc) is 3.40. The standard InChI is InChI=1S/C24H32FN6O6PS/c1-6-34-22(33)14(2)30-38(39,37-16-10-8-7-9-11-16)35-12-17-19(32)24(4,25)23(36-17)31-13-27-18-20(26-5)28-15(3)29-21(18)31/h7-11,13-14,17,19,23,32H,6,12H2,1-5H3,(H,30,39)(H,26,28,29)/t14-,17+,19+,23+,24+,38?/m0/s1. The molecule has 0 bridgehead atoms. The zero-order valence-corrected chi connectivity index (χ0v) is 23.9. The molecule has 3 N–H and O–H groups in total. The van der Waals surface area contributed by atoms with Gasteiger partial charge in [0.25, 0.3) is 0 Å². The molecule has 12 nitrogen and oxygen atoms in total. The number of aliphatic hydroxyl groups excluding tert-OH is 1. The van der Waals surface area contributed by atoms with Gasteiger partial charge in [-0.25, -0.2) is 24.4 Å². The van der Waals surface area contributed by atoms with Crippen LogP contribution < -0.4 is 14.9 Å². The van der Waals surface area contributed by atoms with Crippen LogP contribution in [-0.2, 0) is 30.6 Å². The van der Waals surface area contributed by atoms with Gasteiger partial charge in [-0.1, -0.05) is 18.2 Å². The highest BCUT2D eigenvalue weighted by atomic mass is 32.5. The molecule has 1 aliphatic rings. The van der Waals surface area contributed by atoms with Crippen LogP contribution in [0.25, 0.3) is 11.2 Å². The Labute approximate surface area is 230 Å².